The van der Waals surface area contributed by atoms with E-state index >= 15 is 0 Å². The predicted molar refractivity (Wildman–Crippen MR) is 93.6 cm³/mol. The first-order valence-corrected chi connectivity index (χ1v) is 8.97. The van der Waals surface area contributed by atoms with Gasteiger partial charge in [-0.2, -0.15) is 0 Å². The van der Waals surface area contributed by atoms with Crippen LogP contribution in [-0.2, 0) is 14.3 Å². The van der Waals surface area contributed by atoms with E-state index in [0.717, 1.165) is 6.42 Å². The normalized spacial score (nSPS) is 26.4. The van der Waals surface area contributed by atoms with E-state index < -0.39 is 12.1 Å². The molecule has 3 atom stereocenters. The predicted octanol–water partition coefficient (Wildman–Crippen LogP) is 1.24. The van der Waals surface area contributed by atoms with E-state index in [9.17, 15) is 19.5 Å². The molecule has 2 saturated heterocycles. The molecule has 140 valence electrons. The third-order valence-corrected chi connectivity index (χ3v) is 4.93. The molecule has 2 heterocycles. The highest BCUT2D eigenvalue weighted by molar-refractivity contribution is 5.94. The van der Waals surface area contributed by atoms with E-state index in [4.69, 9.17) is 4.74 Å². The molecule has 1 aromatic carbocycles. The molecule has 3 rings (SSSR count). The lowest BCUT2D eigenvalue weighted by Crippen LogP contribution is -2.55. The van der Waals surface area contributed by atoms with Gasteiger partial charge in [-0.15, -0.1) is 0 Å². The van der Waals surface area contributed by atoms with Crippen molar-refractivity contribution in [3.63, 3.8) is 0 Å². The number of hydrogen-bond acceptors (Lipinski definition) is 4. The number of benzene rings is 1. The van der Waals surface area contributed by atoms with Crippen LogP contribution >= 0.6 is 0 Å². The fourth-order valence-corrected chi connectivity index (χ4v) is 3.65. The maximum atomic E-state index is 12.9. The molecule has 1 N–H and O–H groups in total. The number of nitrogens with zero attached hydrogens (tertiary/aromatic N) is 2. The summed E-state index contributed by atoms with van der Waals surface area (Å²) >= 11 is 0. The fraction of sp³-hybridized carbons (Fsp3) is 0.526. The smallest absolute Gasteiger partial charge is 0.334 e. The number of carboxylic acids is 1. The summed E-state index contributed by atoms with van der Waals surface area (Å²) in [4.78, 5) is 40.1. The second kappa shape index (κ2) is 7.86. The molecule has 2 amide bonds. The Morgan fingerprint density at radius 2 is 1.81 bits per heavy atom. The first kappa shape index (κ1) is 18.4. The highest BCUT2D eigenvalue weighted by Crippen LogP contribution is 2.23. The van der Waals surface area contributed by atoms with Gasteiger partial charge in [-0.05, 0) is 31.9 Å². The largest absolute Gasteiger partial charge is 0.479 e. The van der Waals surface area contributed by atoms with Gasteiger partial charge in [0, 0.05) is 25.2 Å². The molecule has 7 heteroatoms. The summed E-state index contributed by atoms with van der Waals surface area (Å²) < 4.78 is 5.37. The van der Waals surface area contributed by atoms with Crippen LogP contribution in [0, 0.1) is 5.92 Å². The van der Waals surface area contributed by atoms with Crippen LogP contribution in [0.25, 0.3) is 0 Å². The minimum atomic E-state index is -1.06. The van der Waals surface area contributed by atoms with Crippen molar-refractivity contribution < 1.29 is 24.2 Å². The maximum Gasteiger partial charge on any atom is 0.334 e. The summed E-state index contributed by atoms with van der Waals surface area (Å²) in [5, 5.41) is 9.19. The van der Waals surface area contributed by atoms with Crippen LogP contribution in [0.3, 0.4) is 0 Å². The molecule has 2 fully saturated rings. The number of morpholine rings is 1. The first-order chi connectivity index (χ1) is 12.5. The average molecular weight is 360 g/mol. The van der Waals surface area contributed by atoms with Gasteiger partial charge in [-0.3, -0.25) is 9.59 Å². The summed E-state index contributed by atoms with van der Waals surface area (Å²) in [7, 11) is 0. The van der Waals surface area contributed by atoms with Gasteiger partial charge in [0.25, 0.3) is 5.91 Å². The molecule has 1 aromatic rings. The van der Waals surface area contributed by atoms with Gasteiger partial charge in [0.1, 0.15) is 0 Å². The molecule has 26 heavy (non-hydrogen) atoms. The Balaban J connectivity index is 1.66. The molecule has 0 aromatic heterocycles. The standard InChI is InChI=1S/C19H24N2O5/c1-13-10-21(12-16(26-13)19(24)25)18(23)15-8-5-9-20(11-15)17(22)14-6-3-2-4-7-14/h2-4,6-7,13,15-16H,5,8-12H2,1H3,(H,24,25)/t13-,15?,16?/m1/s1. The minimum Gasteiger partial charge on any atom is -0.479 e. The number of ether oxygens (including phenoxy) is 1. The van der Waals surface area contributed by atoms with Crippen molar-refractivity contribution in [1.82, 2.24) is 9.80 Å². The Hall–Kier alpha value is -2.41. The summed E-state index contributed by atoms with van der Waals surface area (Å²) in [5.74, 6) is -1.51. The number of likely N-dealkylation sites (tertiary alicyclic amines) is 1. The van der Waals surface area contributed by atoms with Gasteiger partial charge in [0.2, 0.25) is 5.91 Å². The fourth-order valence-electron chi connectivity index (χ4n) is 3.65. The zero-order valence-corrected chi connectivity index (χ0v) is 14.8. The minimum absolute atomic E-state index is 0.0572. The van der Waals surface area contributed by atoms with Crippen molar-refractivity contribution in [3.05, 3.63) is 35.9 Å². The lowest BCUT2D eigenvalue weighted by atomic mass is 9.95. The Morgan fingerprint density at radius 3 is 2.50 bits per heavy atom. The molecule has 0 spiro atoms. The van der Waals surface area contributed by atoms with Gasteiger partial charge in [0.05, 0.1) is 18.6 Å². The molecule has 2 aliphatic rings. The molecule has 0 aliphatic carbocycles. The van der Waals surface area contributed by atoms with Crippen molar-refractivity contribution in [2.24, 2.45) is 5.92 Å². The van der Waals surface area contributed by atoms with Crippen LogP contribution in [-0.4, -0.2) is 71.1 Å². The quantitative estimate of drug-likeness (QED) is 0.876. The van der Waals surface area contributed by atoms with E-state index in [1.807, 2.05) is 18.2 Å². The average Bonchev–Trinajstić information content (AvgIpc) is 2.67. The molecular weight excluding hydrogens is 336 g/mol. The van der Waals surface area contributed by atoms with E-state index in [2.05, 4.69) is 0 Å². The van der Waals surface area contributed by atoms with Gasteiger partial charge in [-0.25, -0.2) is 4.79 Å². The Labute approximate surface area is 152 Å². The first-order valence-electron chi connectivity index (χ1n) is 8.97. The highest BCUT2D eigenvalue weighted by Gasteiger charge is 2.37. The number of amides is 2. The second-order valence-electron chi connectivity index (χ2n) is 6.97. The molecule has 2 unspecified atom stereocenters. The Morgan fingerprint density at radius 1 is 1.08 bits per heavy atom. The van der Waals surface area contributed by atoms with Crippen LogP contribution < -0.4 is 0 Å². The van der Waals surface area contributed by atoms with Gasteiger partial charge in [-0.1, -0.05) is 18.2 Å². The van der Waals surface area contributed by atoms with Crippen molar-refractivity contribution >= 4 is 17.8 Å². The van der Waals surface area contributed by atoms with E-state index in [1.165, 1.54) is 0 Å². The maximum absolute atomic E-state index is 12.9. The van der Waals surface area contributed by atoms with Crippen LogP contribution in [0.2, 0.25) is 0 Å². The van der Waals surface area contributed by atoms with Gasteiger partial charge in [0.15, 0.2) is 6.10 Å². The van der Waals surface area contributed by atoms with E-state index in [1.54, 1.807) is 28.9 Å². The van der Waals surface area contributed by atoms with E-state index in [-0.39, 0.29) is 30.4 Å². The zero-order chi connectivity index (χ0) is 18.7. The molecule has 7 nitrogen and oxygen atoms in total. The molecule has 0 radical (unpaired) electrons. The number of carbonyl (C=O) groups is 3. The third kappa shape index (κ3) is 4.04. The van der Waals surface area contributed by atoms with Crippen molar-refractivity contribution in [2.75, 3.05) is 26.2 Å². The summed E-state index contributed by atoms with van der Waals surface area (Å²) in [6.45, 7) is 3.21. The van der Waals surface area contributed by atoms with Crippen molar-refractivity contribution in [1.29, 1.82) is 0 Å². The number of piperidine rings is 1. The number of carbonyl (C=O) groups excluding carboxylic acids is 2. The van der Waals surface area contributed by atoms with Crippen molar-refractivity contribution in [2.45, 2.75) is 32.0 Å². The number of carboxylic acid groups (broad SMARTS) is 1. The SMILES string of the molecule is C[C@@H]1CN(C(=O)C2CCCN(C(=O)c3ccccc3)C2)CC(C(=O)O)O1. The topological polar surface area (TPSA) is 87.2 Å². The zero-order valence-electron chi connectivity index (χ0n) is 14.8. The molecule has 0 bridgehead atoms. The lowest BCUT2D eigenvalue weighted by molar-refractivity contribution is -0.168. The monoisotopic (exact) mass is 360 g/mol. The number of hydrogen-bond donors (Lipinski definition) is 1. The lowest BCUT2D eigenvalue weighted by Gasteiger charge is -2.39. The van der Waals surface area contributed by atoms with E-state index in [0.29, 0.717) is 31.6 Å². The third-order valence-electron chi connectivity index (χ3n) is 4.93. The number of aliphatic carboxylic acids is 1. The van der Waals surface area contributed by atoms with Gasteiger partial charge < -0.3 is 19.6 Å². The summed E-state index contributed by atoms with van der Waals surface area (Å²) in [5.41, 5.74) is 0.617. The summed E-state index contributed by atoms with van der Waals surface area (Å²) in [6, 6.07) is 9.05. The number of rotatable bonds is 3. The van der Waals surface area contributed by atoms with Crippen LogP contribution in [0.15, 0.2) is 30.3 Å². The van der Waals surface area contributed by atoms with Crippen LogP contribution in [0.5, 0.6) is 0 Å². The second-order valence-corrected chi connectivity index (χ2v) is 6.97. The Bertz CT molecular complexity index is 678. The Kier molecular flexibility index (Phi) is 5.56. The van der Waals surface area contributed by atoms with Crippen LogP contribution in [0.1, 0.15) is 30.1 Å². The highest BCUT2D eigenvalue weighted by atomic mass is 16.5. The van der Waals surface area contributed by atoms with Gasteiger partial charge >= 0.3 is 5.97 Å². The van der Waals surface area contributed by atoms with Crippen LogP contribution in [0.4, 0.5) is 0 Å². The molecule has 0 saturated carbocycles. The molecule has 2 aliphatic heterocycles. The molecular formula is C19H24N2O5. The van der Waals surface area contributed by atoms with Crippen molar-refractivity contribution in [3.8, 4) is 0 Å². The summed E-state index contributed by atoms with van der Waals surface area (Å²) in [6.07, 6.45) is 0.158.